The minimum atomic E-state index is -3.54. The van der Waals surface area contributed by atoms with Crippen LogP contribution < -0.4 is 15.4 Å². The third-order valence-electron chi connectivity index (χ3n) is 4.28. The van der Waals surface area contributed by atoms with Crippen LogP contribution in [0.3, 0.4) is 0 Å². The van der Waals surface area contributed by atoms with Gasteiger partial charge in [0, 0.05) is 23.2 Å². The van der Waals surface area contributed by atoms with Gasteiger partial charge in [0.05, 0.1) is 17.6 Å². The van der Waals surface area contributed by atoms with Crippen molar-refractivity contribution in [3.63, 3.8) is 0 Å². The Morgan fingerprint density at radius 2 is 1.30 bits per heavy atom. The highest BCUT2D eigenvalue weighted by molar-refractivity contribution is 7.90. The van der Waals surface area contributed by atoms with E-state index in [2.05, 4.69) is 10.6 Å². The number of benzene rings is 3. The second kappa shape index (κ2) is 8.79. The minimum Gasteiger partial charge on any atom is -0.497 e. The van der Waals surface area contributed by atoms with Crippen molar-refractivity contribution in [2.45, 2.75) is 4.90 Å². The van der Waals surface area contributed by atoms with Crippen molar-refractivity contribution in [2.24, 2.45) is 0 Å². The van der Waals surface area contributed by atoms with E-state index in [4.69, 9.17) is 4.74 Å². The molecule has 0 radical (unpaired) electrons. The summed E-state index contributed by atoms with van der Waals surface area (Å²) in [5.41, 5.74) is 1.52. The zero-order chi connectivity index (χ0) is 21.7. The van der Waals surface area contributed by atoms with Crippen LogP contribution >= 0.6 is 0 Å². The van der Waals surface area contributed by atoms with Crippen LogP contribution in [0.5, 0.6) is 5.75 Å². The topological polar surface area (TPSA) is 102 Å². The van der Waals surface area contributed by atoms with Gasteiger partial charge in [-0.2, -0.15) is 0 Å². The van der Waals surface area contributed by atoms with Crippen LogP contribution in [-0.2, 0) is 9.84 Å². The molecule has 0 saturated heterocycles. The summed E-state index contributed by atoms with van der Waals surface area (Å²) in [6.45, 7) is 0. The molecule has 8 heteroatoms. The van der Waals surface area contributed by atoms with Crippen molar-refractivity contribution in [2.75, 3.05) is 24.0 Å². The molecule has 0 spiro atoms. The number of sulfone groups is 1. The van der Waals surface area contributed by atoms with Crippen LogP contribution in [0.15, 0.2) is 77.7 Å². The van der Waals surface area contributed by atoms with Crippen molar-refractivity contribution in [1.82, 2.24) is 0 Å². The van der Waals surface area contributed by atoms with Gasteiger partial charge in [-0.05, 0) is 60.7 Å². The highest BCUT2D eigenvalue weighted by Crippen LogP contribution is 2.19. The SMILES string of the molecule is COc1ccc(NC(=O)c2ccc(NC(=O)c3ccccc3S(C)(=O)=O)cc2)cc1. The molecule has 0 atom stereocenters. The average molecular weight is 424 g/mol. The van der Waals surface area contributed by atoms with Crippen molar-refractivity contribution < 1.29 is 22.7 Å². The monoisotopic (exact) mass is 424 g/mol. The van der Waals surface area contributed by atoms with E-state index in [1.807, 2.05) is 0 Å². The molecule has 0 unspecified atom stereocenters. The molecule has 0 aromatic heterocycles. The van der Waals surface area contributed by atoms with E-state index in [9.17, 15) is 18.0 Å². The molecule has 0 saturated carbocycles. The summed E-state index contributed by atoms with van der Waals surface area (Å²) in [5, 5.41) is 5.42. The quantitative estimate of drug-likeness (QED) is 0.630. The van der Waals surface area contributed by atoms with Gasteiger partial charge < -0.3 is 15.4 Å². The first kappa shape index (κ1) is 21.1. The lowest BCUT2D eigenvalue weighted by molar-refractivity contribution is 0.101. The molecule has 0 aliphatic heterocycles. The second-order valence-electron chi connectivity index (χ2n) is 6.48. The molecule has 0 aliphatic rings. The first-order chi connectivity index (χ1) is 14.3. The summed E-state index contributed by atoms with van der Waals surface area (Å²) in [7, 11) is -1.98. The second-order valence-corrected chi connectivity index (χ2v) is 8.47. The van der Waals surface area contributed by atoms with Gasteiger partial charge in [-0.25, -0.2) is 8.42 Å². The van der Waals surface area contributed by atoms with E-state index < -0.39 is 15.7 Å². The third-order valence-corrected chi connectivity index (χ3v) is 5.44. The highest BCUT2D eigenvalue weighted by Gasteiger charge is 2.18. The number of hydrogen-bond donors (Lipinski definition) is 2. The van der Waals surface area contributed by atoms with E-state index in [1.165, 1.54) is 12.1 Å². The number of amides is 2. The number of rotatable bonds is 6. The number of nitrogens with one attached hydrogen (secondary N) is 2. The van der Waals surface area contributed by atoms with E-state index >= 15 is 0 Å². The number of methoxy groups -OCH3 is 1. The van der Waals surface area contributed by atoms with Crippen LogP contribution in [0, 0.1) is 0 Å². The summed E-state index contributed by atoms with van der Waals surface area (Å²) in [5.74, 6) is -0.169. The van der Waals surface area contributed by atoms with Crippen molar-refractivity contribution in [3.8, 4) is 5.75 Å². The largest absolute Gasteiger partial charge is 0.497 e. The Morgan fingerprint density at radius 3 is 1.87 bits per heavy atom. The number of hydrogen-bond acceptors (Lipinski definition) is 5. The van der Waals surface area contributed by atoms with Gasteiger partial charge in [0.15, 0.2) is 9.84 Å². The van der Waals surface area contributed by atoms with Gasteiger partial charge in [0.25, 0.3) is 11.8 Å². The zero-order valence-corrected chi connectivity index (χ0v) is 17.2. The molecule has 3 rings (SSSR count). The maximum absolute atomic E-state index is 12.5. The normalized spacial score (nSPS) is 10.9. The van der Waals surface area contributed by atoms with Crippen molar-refractivity contribution in [1.29, 1.82) is 0 Å². The van der Waals surface area contributed by atoms with Gasteiger partial charge in [-0.3, -0.25) is 9.59 Å². The number of carbonyl (C=O) groups excluding carboxylic acids is 2. The van der Waals surface area contributed by atoms with Gasteiger partial charge in [0.2, 0.25) is 0 Å². The first-order valence-corrected chi connectivity index (χ1v) is 10.8. The summed E-state index contributed by atoms with van der Waals surface area (Å²) < 4.78 is 28.9. The fraction of sp³-hybridized carbons (Fsp3) is 0.0909. The Hall–Kier alpha value is -3.65. The molecule has 7 nitrogen and oxygen atoms in total. The molecule has 30 heavy (non-hydrogen) atoms. The van der Waals surface area contributed by atoms with Crippen LogP contribution in [0.25, 0.3) is 0 Å². The van der Waals surface area contributed by atoms with Crippen LogP contribution in [0.2, 0.25) is 0 Å². The fourth-order valence-electron chi connectivity index (χ4n) is 2.76. The maximum atomic E-state index is 12.5. The number of anilines is 2. The van der Waals surface area contributed by atoms with Crippen LogP contribution in [-0.4, -0.2) is 33.6 Å². The molecule has 3 aromatic carbocycles. The highest BCUT2D eigenvalue weighted by atomic mass is 32.2. The lowest BCUT2D eigenvalue weighted by atomic mass is 10.1. The molecule has 3 aromatic rings. The summed E-state index contributed by atoms with van der Waals surface area (Å²) in [6, 6.07) is 19.2. The average Bonchev–Trinajstić information content (AvgIpc) is 2.74. The molecular weight excluding hydrogens is 404 g/mol. The van der Waals surface area contributed by atoms with E-state index in [1.54, 1.807) is 67.8 Å². The predicted molar refractivity (Wildman–Crippen MR) is 115 cm³/mol. The Kier molecular flexibility index (Phi) is 6.17. The van der Waals surface area contributed by atoms with Crippen molar-refractivity contribution in [3.05, 3.63) is 83.9 Å². The van der Waals surface area contributed by atoms with E-state index in [-0.39, 0.29) is 16.4 Å². The van der Waals surface area contributed by atoms with Gasteiger partial charge in [-0.1, -0.05) is 12.1 Å². The fourth-order valence-corrected chi connectivity index (χ4v) is 3.64. The lowest BCUT2D eigenvalue weighted by Gasteiger charge is -2.10. The smallest absolute Gasteiger partial charge is 0.256 e. The van der Waals surface area contributed by atoms with Crippen LogP contribution in [0.4, 0.5) is 11.4 Å². The Bertz CT molecular complexity index is 1170. The first-order valence-electron chi connectivity index (χ1n) is 8.94. The Labute approximate surface area is 174 Å². The van der Waals surface area contributed by atoms with Crippen LogP contribution in [0.1, 0.15) is 20.7 Å². The summed E-state index contributed by atoms with van der Waals surface area (Å²) in [6.07, 6.45) is 1.05. The molecule has 2 amide bonds. The van der Waals surface area contributed by atoms with Gasteiger partial charge in [0.1, 0.15) is 5.75 Å². The van der Waals surface area contributed by atoms with Gasteiger partial charge in [-0.15, -0.1) is 0 Å². The van der Waals surface area contributed by atoms with Gasteiger partial charge >= 0.3 is 0 Å². The third kappa shape index (κ3) is 5.03. The van der Waals surface area contributed by atoms with Crippen molar-refractivity contribution >= 4 is 33.0 Å². The molecule has 2 N–H and O–H groups in total. The maximum Gasteiger partial charge on any atom is 0.256 e. The molecule has 0 heterocycles. The molecule has 0 aliphatic carbocycles. The molecule has 154 valence electrons. The Morgan fingerprint density at radius 1 is 0.767 bits per heavy atom. The molecular formula is C22H20N2O5S. The number of ether oxygens (including phenoxy) is 1. The van der Waals surface area contributed by atoms with E-state index in [0.717, 1.165) is 6.26 Å². The lowest BCUT2D eigenvalue weighted by Crippen LogP contribution is -2.16. The molecule has 0 fully saturated rings. The Balaban J connectivity index is 1.70. The zero-order valence-electron chi connectivity index (χ0n) is 16.4. The van der Waals surface area contributed by atoms with E-state index in [0.29, 0.717) is 22.7 Å². The molecule has 0 bridgehead atoms. The summed E-state index contributed by atoms with van der Waals surface area (Å²) >= 11 is 0. The number of carbonyl (C=O) groups is 2. The minimum absolute atomic E-state index is 0.0435. The summed E-state index contributed by atoms with van der Waals surface area (Å²) in [4.78, 5) is 24.9. The predicted octanol–water partition coefficient (Wildman–Crippen LogP) is 3.60. The standard InChI is InChI=1S/C22H20N2O5S/c1-29-18-13-11-17(12-14-18)23-21(25)15-7-9-16(10-8-15)24-22(26)19-5-3-4-6-20(19)30(2,27)28/h3-14H,1-2H3,(H,23,25)(H,24,26).